The van der Waals surface area contributed by atoms with Crippen LogP contribution in [0.2, 0.25) is 0 Å². The van der Waals surface area contributed by atoms with Crippen LogP contribution >= 0.6 is 0 Å². The third-order valence-electron chi connectivity index (χ3n) is 4.43. The highest BCUT2D eigenvalue weighted by Crippen LogP contribution is 2.37. The minimum Gasteiger partial charge on any atom is -0.481 e. The van der Waals surface area contributed by atoms with Crippen LogP contribution in [0.4, 0.5) is 0 Å². The molecule has 0 heterocycles. The van der Waals surface area contributed by atoms with Crippen molar-refractivity contribution in [1.82, 2.24) is 0 Å². The van der Waals surface area contributed by atoms with Crippen molar-refractivity contribution in [3.05, 3.63) is 24.3 Å². The first-order chi connectivity index (χ1) is 11.0. The van der Waals surface area contributed by atoms with Crippen LogP contribution in [0.1, 0.15) is 51.9 Å². The summed E-state index contributed by atoms with van der Waals surface area (Å²) in [4.78, 5) is 10.5. The van der Waals surface area contributed by atoms with Gasteiger partial charge in [0.2, 0.25) is 0 Å². The number of aliphatic hydroxyl groups excluding tert-OH is 3. The number of aliphatic hydroxyl groups is 3. The van der Waals surface area contributed by atoms with Gasteiger partial charge in [0, 0.05) is 18.8 Å². The molecule has 0 amide bonds. The quantitative estimate of drug-likeness (QED) is 0.365. The lowest BCUT2D eigenvalue weighted by molar-refractivity contribution is -0.137. The number of unbranched alkanes of at least 4 members (excludes halogenated alkanes) is 1. The number of aliphatic carboxylic acids is 1. The first-order valence-corrected chi connectivity index (χ1v) is 8.55. The van der Waals surface area contributed by atoms with E-state index in [-0.39, 0.29) is 18.3 Å². The fraction of sp³-hybridized carbons (Fsp3) is 0.722. The fourth-order valence-electron chi connectivity index (χ4n) is 3.17. The van der Waals surface area contributed by atoms with Crippen molar-refractivity contribution < 1.29 is 25.2 Å². The summed E-state index contributed by atoms with van der Waals surface area (Å²) < 4.78 is 0. The molecule has 0 spiro atoms. The predicted molar refractivity (Wildman–Crippen MR) is 88.9 cm³/mol. The topological polar surface area (TPSA) is 98.0 Å². The first-order valence-electron chi connectivity index (χ1n) is 8.55. The van der Waals surface area contributed by atoms with Gasteiger partial charge < -0.3 is 20.4 Å². The van der Waals surface area contributed by atoms with Crippen LogP contribution in [0.25, 0.3) is 0 Å². The molecule has 1 aliphatic rings. The van der Waals surface area contributed by atoms with E-state index in [1.54, 1.807) is 6.08 Å². The van der Waals surface area contributed by atoms with Crippen LogP contribution < -0.4 is 0 Å². The van der Waals surface area contributed by atoms with Crippen LogP contribution in [-0.2, 0) is 4.79 Å². The van der Waals surface area contributed by atoms with Gasteiger partial charge in [-0.15, -0.1) is 0 Å². The van der Waals surface area contributed by atoms with E-state index in [0.29, 0.717) is 32.1 Å². The Balaban J connectivity index is 2.51. The molecule has 0 unspecified atom stereocenters. The zero-order valence-electron chi connectivity index (χ0n) is 13.8. The van der Waals surface area contributed by atoms with Gasteiger partial charge >= 0.3 is 5.97 Å². The minimum absolute atomic E-state index is 0.0755. The Morgan fingerprint density at radius 1 is 1.22 bits per heavy atom. The highest BCUT2D eigenvalue weighted by Gasteiger charge is 2.39. The molecule has 0 aromatic heterocycles. The summed E-state index contributed by atoms with van der Waals surface area (Å²) in [6.07, 6.45) is 9.59. The van der Waals surface area contributed by atoms with E-state index in [1.807, 2.05) is 25.2 Å². The summed E-state index contributed by atoms with van der Waals surface area (Å²) in [5.41, 5.74) is 0. The SMILES string of the molecule is CC/C=C\C[C@H](O)/C=C/[C@H]1[C@@H](CCCCC(=O)O)[C@@H](O)C[C@H]1O. The maximum atomic E-state index is 10.5. The smallest absolute Gasteiger partial charge is 0.303 e. The number of hydrogen-bond donors (Lipinski definition) is 4. The van der Waals surface area contributed by atoms with E-state index in [4.69, 9.17) is 5.11 Å². The van der Waals surface area contributed by atoms with Crippen LogP contribution in [-0.4, -0.2) is 44.7 Å². The summed E-state index contributed by atoms with van der Waals surface area (Å²) in [5, 5.41) is 38.7. The van der Waals surface area contributed by atoms with Gasteiger partial charge in [0.15, 0.2) is 0 Å². The molecule has 5 heteroatoms. The zero-order chi connectivity index (χ0) is 17.2. The largest absolute Gasteiger partial charge is 0.481 e. The minimum atomic E-state index is -0.809. The van der Waals surface area contributed by atoms with E-state index in [0.717, 1.165) is 6.42 Å². The van der Waals surface area contributed by atoms with Gasteiger partial charge in [-0.25, -0.2) is 0 Å². The molecule has 132 valence electrons. The summed E-state index contributed by atoms with van der Waals surface area (Å²) in [6, 6.07) is 0. The normalized spacial score (nSPS) is 29.6. The van der Waals surface area contributed by atoms with Crippen molar-refractivity contribution in [3.8, 4) is 0 Å². The molecule has 0 radical (unpaired) electrons. The van der Waals surface area contributed by atoms with Crippen LogP contribution in [0.3, 0.4) is 0 Å². The molecule has 1 fully saturated rings. The van der Waals surface area contributed by atoms with Gasteiger partial charge in [0.1, 0.15) is 0 Å². The van der Waals surface area contributed by atoms with Gasteiger partial charge in [-0.2, -0.15) is 0 Å². The molecule has 0 aliphatic heterocycles. The van der Waals surface area contributed by atoms with Gasteiger partial charge in [-0.3, -0.25) is 4.79 Å². The summed E-state index contributed by atoms with van der Waals surface area (Å²) in [5.74, 6) is -1.07. The molecule has 1 aliphatic carbocycles. The second kappa shape index (κ2) is 10.6. The van der Waals surface area contributed by atoms with E-state index >= 15 is 0 Å². The highest BCUT2D eigenvalue weighted by molar-refractivity contribution is 5.66. The van der Waals surface area contributed by atoms with Crippen molar-refractivity contribution in [2.75, 3.05) is 0 Å². The third-order valence-corrected chi connectivity index (χ3v) is 4.43. The van der Waals surface area contributed by atoms with Crippen molar-refractivity contribution in [3.63, 3.8) is 0 Å². The van der Waals surface area contributed by atoms with Crippen LogP contribution in [0.15, 0.2) is 24.3 Å². The lowest BCUT2D eigenvalue weighted by atomic mass is 9.88. The average Bonchev–Trinajstić information content (AvgIpc) is 2.75. The number of allylic oxidation sites excluding steroid dienone is 1. The fourth-order valence-corrected chi connectivity index (χ4v) is 3.17. The molecule has 1 rings (SSSR count). The Hall–Kier alpha value is -1.17. The van der Waals surface area contributed by atoms with Gasteiger partial charge in [-0.05, 0) is 31.6 Å². The van der Waals surface area contributed by atoms with Gasteiger partial charge in [0.25, 0.3) is 0 Å². The summed E-state index contributed by atoms with van der Waals surface area (Å²) in [7, 11) is 0. The first kappa shape index (κ1) is 19.9. The molecule has 0 aromatic rings. The summed E-state index contributed by atoms with van der Waals surface area (Å²) >= 11 is 0. The summed E-state index contributed by atoms with van der Waals surface area (Å²) in [6.45, 7) is 2.03. The second-order valence-electron chi connectivity index (χ2n) is 6.32. The molecule has 0 aromatic carbocycles. The number of hydrogen-bond acceptors (Lipinski definition) is 4. The molecule has 0 bridgehead atoms. The van der Waals surface area contributed by atoms with Crippen LogP contribution in [0, 0.1) is 11.8 Å². The lowest BCUT2D eigenvalue weighted by Gasteiger charge is -2.21. The number of carboxylic acid groups (broad SMARTS) is 1. The van der Waals surface area contributed by atoms with E-state index in [1.165, 1.54) is 0 Å². The Kier molecular flexibility index (Phi) is 9.14. The second-order valence-corrected chi connectivity index (χ2v) is 6.32. The maximum absolute atomic E-state index is 10.5. The van der Waals surface area contributed by atoms with Crippen molar-refractivity contribution >= 4 is 5.97 Å². The van der Waals surface area contributed by atoms with Crippen LogP contribution in [0.5, 0.6) is 0 Å². The molecule has 5 nitrogen and oxygen atoms in total. The Morgan fingerprint density at radius 3 is 2.61 bits per heavy atom. The Morgan fingerprint density at radius 2 is 1.96 bits per heavy atom. The molecule has 0 saturated heterocycles. The molecule has 4 N–H and O–H groups in total. The van der Waals surface area contributed by atoms with Crippen molar-refractivity contribution in [2.24, 2.45) is 11.8 Å². The van der Waals surface area contributed by atoms with Gasteiger partial charge in [0.05, 0.1) is 18.3 Å². The molecule has 23 heavy (non-hydrogen) atoms. The molecular weight excluding hydrogens is 296 g/mol. The van der Waals surface area contributed by atoms with Gasteiger partial charge in [-0.1, -0.05) is 37.6 Å². The molecular formula is C18H30O5. The Labute approximate surface area is 138 Å². The number of rotatable bonds is 10. The average molecular weight is 326 g/mol. The predicted octanol–water partition coefficient (Wildman–Crippen LogP) is 2.26. The number of carbonyl (C=O) groups is 1. The molecule has 1 saturated carbocycles. The van der Waals surface area contributed by atoms with E-state index in [2.05, 4.69) is 0 Å². The van der Waals surface area contributed by atoms with Crippen molar-refractivity contribution in [1.29, 1.82) is 0 Å². The van der Waals surface area contributed by atoms with Crippen molar-refractivity contribution in [2.45, 2.75) is 70.2 Å². The number of carboxylic acids is 1. The van der Waals surface area contributed by atoms with E-state index < -0.39 is 24.3 Å². The standard InChI is InChI=1S/C18H30O5/c1-2-3-4-7-13(19)10-11-15-14(16(20)12-17(15)21)8-5-6-9-18(22)23/h3-4,10-11,13-17,19-21H,2,5-9,12H2,1H3,(H,22,23)/b4-3-,11-10+/t13-,14+,15-,16-,17+/m0/s1. The maximum Gasteiger partial charge on any atom is 0.303 e. The lowest BCUT2D eigenvalue weighted by Crippen LogP contribution is -2.21. The highest BCUT2D eigenvalue weighted by atomic mass is 16.4. The zero-order valence-corrected chi connectivity index (χ0v) is 13.8. The third kappa shape index (κ3) is 7.29. The van der Waals surface area contributed by atoms with E-state index in [9.17, 15) is 20.1 Å². The Bertz CT molecular complexity index is 404. The monoisotopic (exact) mass is 326 g/mol. The molecule has 5 atom stereocenters.